The second-order valence-corrected chi connectivity index (χ2v) is 5.45. The highest BCUT2D eigenvalue weighted by Crippen LogP contribution is 2.37. The second kappa shape index (κ2) is 5.67. The normalized spacial score (nSPS) is 13.9. The molecule has 1 N–H and O–H groups in total. The highest BCUT2D eigenvalue weighted by atomic mass is 16.5. The number of aromatic nitrogens is 1. The van der Waals surface area contributed by atoms with Crippen molar-refractivity contribution in [3.63, 3.8) is 0 Å². The first-order chi connectivity index (χ1) is 10.6. The van der Waals surface area contributed by atoms with E-state index < -0.39 is 5.97 Å². The Labute approximate surface area is 127 Å². The zero-order valence-electron chi connectivity index (χ0n) is 12.3. The lowest BCUT2D eigenvalue weighted by Crippen LogP contribution is -2.25. The van der Waals surface area contributed by atoms with E-state index in [4.69, 9.17) is 9.84 Å². The molecule has 0 amide bonds. The third-order valence-electron chi connectivity index (χ3n) is 3.81. The molecule has 0 unspecified atom stereocenters. The van der Waals surface area contributed by atoms with Crippen LogP contribution in [0.15, 0.2) is 41.2 Å². The Morgan fingerprint density at radius 3 is 2.73 bits per heavy atom. The molecule has 3 rings (SSSR count). The average molecular weight is 299 g/mol. The first-order valence-corrected chi connectivity index (χ1v) is 7.21. The van der Waals surface area contributed by atoms with Crippen LogP contribution in [0.5, 0.6) is 5.75 Å². The van der Waals surface area contributed by atoms with Gasteiger partial charge >= 0.3 is 5.97 Å². The Hall–Kier alpha value is -2.56. The van der Waals surface area contributed by atoms with Gasteiger partial charge in [-0.05, 0) is 31.0 Å². The summed E-state index contributed by atoms with van der Waals surface area (Å²) in [5, 5.41) is 8.93. The highest BCUT2D eigenvalue weighted by Gasteiger charge is 2.28. The van der Waals surface area contributed by atoms with Crippen LogP contribution in [0.4, 0.5) is 0 Å². The van der Waals surface area contributed by atoms with E-state index in [1.54, 1.807) is 17.7 Å². The third-order valence-corrected chi connectivity index (χ3v) is 3.81. The van der Waals surface area contributed by atoms with E-state index in [9.17, 15) is 9.59 Å². The van der Waals surface area contributed by atoms with E-state index in [0.29, 0.717) is 5.56 Å². The maximum Gasteiger partial charge on any atom is 0.308 e. The Kier molecular flexibility index (Phi) is 3.71. The first-order valence-electron chi connectivity index (χ1n) is 7.21. The summed E-state index contributed by atoms with van der Waals surface area (Å²) in [5.41, 5.74) is 1.82. The first kappa shape index (κ1) is 14.4. The number of aliphatic carboxylic acids is 1. The molecule has 0 atom stereocenters. The number of rotatable bonds is 5. The number of carboxylic acid groups (broad SMARTS) is 1. The zero-order chi connectivity index (χ0) is 15.7. The highest BCUT2D eigenvalue weighted by molar-refractivity contribution is 5.70. The summed E-state index contributed by atoms with van der Waals surface area (Å²) < 4.78 is 6.96. The molecule has 0 saturated heterocycles. The number of carbonyl (C=O) groups is 1. The van der Waals surface area contributed by atoms with Crippen LogP contribution in [0.2, 0.25) is 0 Å². The van der Waals surface area contributed by atoms with Crippen LogP contribution in [0.25, 0.3) is 11.3 Å². The van der Waals surface area contributed by atoms with Crippen molar-refractivity contribution in [2.45, 2.75) is 25.3 Å². The van der Waals surface area contributed by atoms with E-state index in [1.807, 2.05) is 30.3 Å². The monoisotopic (exact) mass is 299 g/mol. The van der Waals surface area contributed by atoms with Crippen molar-refractivity contribution in [1.82, 2.24) is 4.57 Å². The molecule has 22 heavy (non-hydrogen) atoms. The molecule has 0 aliphatic heterocycles. The molecule has 1 aliphatic rings. The molecule has 0 radical (unpaired) electrons. The van der Waals surface area contributed by atoms with E-state index in [-0.39, 0.29) is 18.0 Å². The smallest absolute Gasteiger partial charge is 0.308 e. The van der Waals surface area contributed by atoms with Crippen LogP contribution < -0.4 is 10.3 Å². The van der Waals surface area contributed by atoms with Crippen molar-refractivity contribution in [3.8, 4) is 17.0 Å². The fourth-order valence-electron chi connectivity index (χ4n) is 2.61. The average Bonchev–Trinajstić information content (AvgIpc) is 3.33. The summed E-state index contributed by atoms with van der Waals surface area (Å²) in [5.74, 6) is -0.268. The number of benzene rings is 1. The van der Waals surface area contributed by atoms with Gasteiger partial charge in [0.2, 0.25) is 0 Å². The van der Waals surface area contributed by atoms with Crippen LogP contribution in [-0.4, -0.2) is 22.8 Å². The number of carboxylic acids is 1. The van der Waals surface area contributed by atoms with Gasteiger partial charge in [-0.15, -0.1) is 0 Å². The summed E-state index contributed by atoms with van der Waals surface area (Å²) in [7, 11) is 1.60. The van der Waals surface area contributed by atoms with Gasteiger partial charge in [0.25, 0.3) is 5.56 Å². The minimum atomic E-state index is -0.992. The molecule has 1 aromatic carbocycles. The van der Waals surface area contributed by atoms with Crippen molar-refractivity contribution in [3.05, 3.63) is 52.3 Å². The molecule has 114 valence electrons. The predicted octanol–water partition coefficient (Wildman–Crippen LogP) is 2.49. The van der Waals surface area contributed by atoms with Crippen LogP contribution in [0, 0.1) is 0 Å². The summed E-state index contributed by atoms with van der Waals surface area (Å²) in [6, 6.07) is 11.1. The predicted molar refractivity (Wildman–Crippen MR) is 82.3 cm³/mol. The maximum atomic E-state index is 12.6. The van der Waals surface area contributed by atoms with Gasteiger partial charge in [-0.1, -0.05) is 18.2 Å². The Balaban J connectivity index is 2.13. The van der Waals surface area contributed by atoms with Crippen LogP contribution in [0.1, 0.15) is 24.4 Å². The lowest BCUT2D eigenvalue weighted by molar-refractivity contribution is -0.136. The van der Waals surface area contributed by atoms with Gasteiger partial charge in [0.15, 0.2) is 0 Å². The lowest BCUT2D eigenvalue weighted by atomic mass is 10.1. The van der Waals surface area contributed by atoms with Gasteiger partial charge in [0, 0.05) is 17.2 Å². The van der Waals surface area contributed by atoms with Crippen molar-refractivity contribution in [1.29, 1.82) is 0 Å². The number of methoxy groups -OCH3 is 1. The number of pyridine rings is 1. The second-order valence-electron chi connectivity index (χ2n) is 5.45. The summed E-state index contributed by atoms with van der Waals surface area (Å²) in [4.78, 5) is 23.5. The molecule has 1 saturated carbocycles. The van der Waals surface area contributed by atoms with E-state index in [0.717, 1.165) is 29.8 Å². The van der Waals surface area contributed by atoms with E-state index in [2.05, 4.69) is 0 Å². The van der Waals surface area contributed by atoms with Gasteiger partial charge < -0.3 is 14.4 Å². The van der Waals surface area contributed by atoms with Gasteiger partial charge in [0.05, 0.1) is 19.2 Å². The largest absolute Gasteiger partial charge is 0.497 e. The molecular weight excluding hydrogens is 282 g/mol. The van der Waals surface area contributed by atoms with E-state index in [1.165, 1.54) is 0 Å². The lowest BCUT2D eigenvalue weighted by Gasteiger charge is -2.14. The molecule has 0 spiro atoms. The Morgan fingerprint density at radius 1 is 1.32 bits per heavy atom. The fourth-order valence-corrected chi connectivity index (χ4v) is 2.61. The molecule has 1 fully saturated rings. The molecule has 5 heteroatoms. The molecule has 2 aromatic rings. The van der Waals surface area contributed by atoms with Crippen molar-refractivity contribution in [2.75, 3.05) is 7.11 Å². The summed E-state index contributed by atoms with van der Waals surface area (Å²) in [6.45, 7) is 0. The van der Waals surface area contributed by atoms with Crippen molar-refractivity contribution < 1.29 is 14.6 Å². The van der Waals surface area contributed by atoms with Crippen LogP contribution in [-0.2, 0) is 11.2 Å². The molecule has 5 nitrogen and oxygen atoms in total. The number of nitrogens with zero attached hydrogens (tertiary/aromatic N) is 1. The van der Waals surface area contributed by atoms with Gasteiger partial charge in [-0.2, -0.15) is 0 Å². The quantitative estimate of drug-likeness (QED) is 0.921. The van der Waals surface area contributed by atoms with Gasteiger partial charge in [-0.3, -0.25) is 9.59 Å². The molecule has 1 heterocycles. The molecular formula is C17H17NO4. The molecule has 1 aliphatic carbocycles. The molecule has 1 aromatic heterocycles. The van der Waals surface area contributed by atoms with Crippen molar-refractivity contribution in [2.24, 2.45) is 0 Å². The van der Waals surface area contributed by atoms with E-state index >= 15 is 0 Å². The maximum absolute atomic E-state index is 12.6. The Morgan fingerprint density at radius 2 is 2.09 bits per heavy atom. The van der Waals surface area contributed by atoms with Gasteiger partial charge in [-0.25, -0.2) is 0 Å². The topological polar surface area (TPSA) is 68.5 Å². The summed E-state index contributed by atoms with van der Waals surface area (Å²) >= 11 is 0. The zero-order valence-corrected chi connectivity index (χ0v) is 12.3. The number of ether oxygens (including phenoxy) is 1. The standard InChI is InChI=1S/C17H17NO4/c1-22-14-4-2-3-11(9-14)15-8-5-12(10-16(19)20)17(21)18(15)13-6-7-13/h2-5,8-9,13H,6-7,10H2,1H3,(H,19,20). The Bertz CT molecular complexity index is 774. The number of hydrogen-bond acceptors (Lipinski definition) is 3. The van der Waals surface area contributed by atoms with Crippen LogP contribution >= 0.6 is 0 Å². The fraction of sp³-hybridized carbons (Fsp3) is 0.294. The summed E-state index contributed by atoms with van der Waals surface area (Å²) in [6.07, 6.45) is 1.66. The van der Waals surface area contributed by atoms with Gasteiger partial charge in [0.1, 0.15) is 5.75 Å². The third kappa shape index (κ3) is 2.74. The van der Waals surface area contributed by atoms with Crippen LogP contribution in [0.3, 0.4) is 0 Å². The number of hydrogen-bond donors (Lipinski definition) is 1. The molecule has 0 bridgehead atoms. The minimum Gasteiger partial charge on any atom is -0.497 e. The SMILES string of the molecule is COc1cccc(-c2ccc(CC(=O)O)c(=O)n2C2CC2)c1. The minimum absolute atomic E-state index is 0.169. The van der Waals surface area contributed by atoms with Crippen molar-refractivity contribution >= 4 is 5.97 Å².